The number of fused-ring (bicyclic) bond motifs is 1. The zero-order valence-electron chi connectivity index (χ0n) is 10.6. The van der Waals surface area contributed by atoms with Crippen LogP contribution in [-0.4, -0.2) is 31.7 Å². The minimum atomic E-state index is -0.218. The van der Waals surface area contributed by atoms with E-state index in [1.807, 2.05) is 0 Å². The molecule has 2 aromatic heterocycles. The molecule has 3 aromatic rings. The Bertz CT molecular complexity index is 778. The molecule has 0 saturated carbocycles. The molecule has 0 amide bonds. The molecule has 102 valence electrons. The Morgan fingerprint density at radius 2 is 2.25 bits per heavy atom. The Labute approximate surface area is 113 Å². The second-order valence-electron chi connectivity index (χ2n) is 4.30. The summed E-state index contributed by atoms with van der Waals surface area (Å²) in [6.07, 6.45) is 2.11. The van der Waals surface area contributed by atoms with Gasteiger partial charge in [-0.25, -0.2) is 9.97 Å². The molecule has 0 unspecified atom stereocenters. The average molecular weight is 271 g/mol. The summed E-state index contributed by atoms with van der Waals surface area (Å²) in [5.41, 5.74) is 6.57. The molecule has 0 spiro atoms. The summed E-state index contributed by atoms with van der Waals surface area (Å²) >= 11 is 0. The van der Waals surface area contributed by atoms with E-state index in [1.54, 1.807) is 18.2 Å². The van der Waals surface area contributed by atoms with Gasteiger partial charge >= 0.3 is 0 Å². The van der Waals surface area contributed by atoms with Crippen molar-refractivity contribution in [1.82, 2.24) is 25.1 Å². The number of aromatic amines is 2. The van der Waals surface area contributed by atoms with Crippen LogP contribution in [0.25, 0.3) is 10.9 Å². The quantitative estimate of drug-likeness (QED) is 0.505. The third kappa shape index (κ3) is 2.44. The van der Waals surface area contributed by atoms with Crippen molar-refractivity contribution < 1.29 is 0 Å². The average Bonchev–Trinajstić information content (AvgIpc) is 2.93. The lowest BCUT2D eigenvalue weighted by atomic mass is 10.2. The fourth-order valence-corrected chi connectivity index (χ4v) is 1.89. The fourth-order valence-electron chi connectivity index (χ4n) is 1.89. The van der Waals surface area contributed by atoms with Crippen LogP contribution >= 0.6 is 0 Å². The number of H-pyrrole nitrogens is 2. The van der Waals surface area contributed by atoms with Crippen LogP contribution in [-0.2, 0) is 6.42 Å². The summed E-state index contributed by atoms with van der Waals surface area (Å²) in [6, 6.07) is 5.05. The maximum absolute atomic E-state index is 11.9. The minimum Gasteiger partial charge on any atom is -0.399 e. The van der Waals surface area contributed by atoms with E-state index in [-0.39, 0.29) is 5.56 Å². The molecular weight excluding hydrogens is 258 g/mol. The van der Waals surface area contributed by atoms with Gasteiger partial charge in [0.05, 0.1) is 10.9 Å². The number of nitrogens with one attached hydrogen (secondary N) is 3. The van der Waals surface area contributed by atoms with Gasteiger partial charge in [-0.05, 0) is 18.2 Å². The first-order valence-electron chi connectivity index (χ1n) is 6.10. The predicted molar refractivity (Wildman–Crippen MR) is 75.4 cm³/mol. The van der Waals surface area contributed by atoms with Gasteiger partial charge in [0.15, 0.2) is 0 Å². The molecule has 5 N–H and O–H groups in total. The Kier molecular flexibility index (Phi) is 3.04. The molecule has 0 bridgehead atoms. The van der Waals surface area contributed by atoms with Crippen molar-refractivity contribution in [3.63, 3.8) is 0 Å². The fraction of sp³-hybridized carbons (Fsp3) is 0.167. The smallest absolute Gasteiger partial charge is 0.260 e. The number of aromatic nitrogens is 5. The largest absolute Gasteiger partial charge is 0.399 e. The molecule has 8 heteroatoms. The monoisotopic (exact) mass is 271 g/mol. The molecule has 0 fully saturated rings. The molecule has 8 nitrogen and oxygen atoms in total. The Hall–Kier alpha value is -2.90. The lowest BCUT2D eigenvalue weighted by molar-refractivity contribution is 0.891. The number of benzene rings is 1. The van der Waals surface area contributed by atoms with Crippen molar-refractivity contribution in [2.24, 2.45) is 0 Å². The Morgan fingerprint density at radius 3 is 3.05 bits per heavy atom. The van der Waals surface area contributed by atoms with E-state index < -0.39 is 0 Å². The van der Waals surface area contributed by atoms with Crippen molar-refractivity contribution >= 4 is 22.5 Å². The van der Waals surface area contributed by atoms with E-state index in [1.165, 1.54) is 6.33 Å². The number of hydrogen-bond donors (Lipinski definition) is 4. The van der Waals surface area contributed by atoms with E-state index in [2.05, 4.69) is 30.5 Å². The lowest BCUT2D eigenvalue weighted by Gasteiger charge is -2.05. The number of nitrogens with zero attached hydrogens (tertiary/aromatic N) is 3. The molecule has 1 aromatic carbocycles. The summed E-state index contributed by atoms with van der Waals surface area (Å²) in [5, 5.41) is 10.0. The van der Waals surface area contributed by atoms with Crippen LogP contribution in [0.1, 0.15) is 5.82 Å². The maximum Gasteiger partial charge on any atom is 0.260 e. The molecule has 20 heavy (non-hydrogen) atoms. The van der Waals surface area contributed by atoms with Crippen molar-refractivity contribution in [3.05, 3.63) is 40.7 Å². The van der Waals surface area contributed by atoms with Crippen LogP contribution in [0.15, 0.2) is 29.3 Å². The van der Waals surface area contributed by atoms with Crippen molar-refractivity contribution in [1.29, 1.82) is 0 Å². The van der Waals surface area contributed by atoms with Crippen molar-refractivity contribution in [3.8, 4) is 0 Å². The van der Waals surface area contributed by atoms with E-state index in [0.717, 1.165) is 5.82 Å². The molecule has 2 heterocycles. The minimum absolute atomic E-state index is 0.218. The summed E-state index contributed by atoms with van der Waals surface area (Å²) in [5.74, 6) is 1.19. The number of nitrogens with two attached hydrogens (primary N) is 1. The highest BCUT2D eigenvalue weighted by Gasteiger charge is 2.04. The normalized spacial score (nSPS) is 10.8. The second kappa shape index (κ2) is 5.00. The van der Waals surface area contributed by atoms with Gasteiger partial charge in [-0.2, -0.15) is 5.10 Å². The highest BCUT2D eigenvalue weighted by molar-refractivity contribution is 5.81. The van der Waals surface area contributed by atoms with Gasteiger partial charge in [0.25, 0.3) is 5.56 Å². The number of anilines is 2. The number of hydrogen-bond acceptors (Lipinski definition) is 6. The van der Waals surface area contributed by atoms with Crippen LogP contribution < -0.4 is 16.6 Å². The molecule has 0 aliphatic heterocycles. The highest BCUT2D eigenvalue weighted by atomic mass is 16.1. The van der Waals surface area contributed by atoms with Crippen LogP contribution in [0.5, 0.6) is 0 Å². The molecular formula is C12H13N7O. The molecule has 0 atom stereocenters. The first-order valence-corrected chi connectivity index (χ1v) is 6.10. The van der Waals surface area contributed by atoms with Gasteiger partial charge in [0.1, 0.15) is 12.2 Å². The molecule has 3 rings (SSSR count). The third-order valence-corrected chi connectivity index (χ3v) is 2.85. The van der Waals surface area contributed by atoms with Gasteiger partial charge in [-0.15, -0.1) is 0 Å². The first-order chi connectivity index (χ1) is 9.72. The second-order valence-corrected chi connectivity index (χ2v) is 4.30. The van der Waals surface area contributed by atoms with Gasteiger partial charge in [0.2, 0.25) is 5.95 Å². The number of nitrogen functional groups attached to an aromatic ring is 1. The zero-order chi connectivity index (χ0) is 13.9. The zero-order valence-corrected chi connectivity index (χ0v) is 10.6. The first kappa shape index (κ1) is 12.2. The predicted octanol–water partition coefficient (Wildman–Crippen LogP) is 0.278. The molecule has 0 aliphatic carbocycles. The summed E-state index contributed by atoms with van der Waals surface area (Å²) in [7, 11) is 0. The van der Waals surface area contributed by atoms with Gasteiger partial charge in [-0.3, -0.25) is 14.9 Å². The van der Waals surface area contributed by atoms with Crippen LogP contribution in [0, 0.1) is 0 Å². The molecule has 0 radical (unpaired) electrons. The van der Waals surface area contributed by atoms with Crippen molar-refractivity contribution in [2.75, 3.05) is 17.6 Å². The topological polar surface area (TPSA) is 125 Å². The lowest BCUT2D eigenvalue weighted by Crippen LogP contribution is -2.15. The van der Waals surface area contributed by atoms with Gasteiger partial charge in [0, 0.05) is 18.7 Å². The molecule has 0 aliphatic rings. The van der Waals surface area contributed by atoms with E-state index >= 15 is 0 Å². The van der Waals surface area contributed by atoms with E-state index in [9.17, 15) is 4.79 Å². The van der Waals surface area contributed by atoms with Crippen LogP contribution in [0.3, 0.4) is 0 Å². The summed E-state index contributed by atoms with van der Waals surface area (Å²) in [4.78, 5) is 22.9. The van der Waals surface area contributed by atoms with E-state index in [0.29, 0.717) is 35.5 Å². The van der Waals surface area contributed by atoms with Gasteiger partial charge < -0.3 is 11.1 Å². The molecule has 0 saturated heterocycles. The van der Waals surface area contributed by atoms with E-state index in [4.69, 9.17) is 5.73 Å². The SMILES string of the molecule is Nc1ccc2nc(NCCc3ncn[nH]3)[nH]c(=O)c2c1. The Balaban J connectivity index is 1.78. The third-order valence-electron chi connectivity index (χ3n) is 2.85. The van der Waals surface area contributed by atoms with Crippen LogP contribution in [0.4, 0.5) is 11.6 Å². The highest BCUT2D eigenvalue weighted by Crippen LogP contribution is 2.12. The summed E-state index contributed by atoms with van der Waals surface area (Å²) < 4.78 is 0. The number of rotatable bonds is 4. The standard InChI is InChI=1S/C12H13N7O/c13-7-1-2-9-8(5-7)11(20)18-12(17-9)14-4-3-10-15-6-16-19-10/h1-2,5-6H,3-4,13H2,(H,15,16,19)(H2,14,17,18,20). The van der Waals surface area contributed by atoms with Crippen LogP contribution in [0.2, 0.25) is 0 Å². The van der Waals surface area contributed by atoms with Gasteiger partial charge in [-0.1, -0.05) is 0 Å². The van der Waals surface area contributed by atoms with Crippen molar-refractivity contribution in [2.45, 2.75) is 6.42 Å². The summed E-state index contributed by atoms with van der Waals surface area (Å²) in [6.45, 7) is 0.582. The maximum atomic E-state index is 11.9. The Morgan fingerprint density at radius 1 is 1.35 bits per heavy atom.